The highest BCUT2D eigenvalue weighted by Crippen LogP contribution is 2.39. The third kappa shape index (κ3) is 28.3. The zero-order valence-corrected chi connectivity index (χ0v) is 55.3. The van der Waals surface area contributed by atoms with E-state index in [1.165, 1.54) is 30.3 Å². The van der Waals surface area contributed by atoms with Gasteiger partial charge in [0.2, 0.25) is 53.7 Å². The lowest BCUT2D eigenvalue weighted by Gasteiger charge is -2.35. The molecule has 4 aromatic rings. The van der Waals surface area contributed by atoms with Gasteiger partial charge in [0.15, 0.2) is 0 Å². The predicted molar refractivity (Wildman–Crippen MR) is 341 cm³/mol. The molecular formula is C60H87Cl2N9O16S3. The van der Waals surface area contributed by atoms with Gasteiger partial charge in [0.05, 0.1) is 101 Å². The van der Waals surface area contributed by atoms with Gasteiger partial charge in [-0.25, -0.2) is 39.4 Å². The van der Waals surface area contributed by atoms with Gasteiger partial charge in [-0.1, -0.05) is 71.7 Å². The largest absolute Gasteiger partial charge is 0.378 e. The van der Waals surface area contributed by atoms with Crippen molar-refractivity contribution in [3.63, 3.8) is 0 Å². The molecule has 0 saturated heterocycles. The molecule has 1 atom stereocenters. The number of carbonyl (C=O) groups excluding carboxylic acids is 4. The number of likely N-dealkylation sites (N-methyl/N-ethyl adjacent to an activating group) is 2. The van der Waals surface area contributed by atoms with Gasteiger partial charge in [-0.3, -0.25) is 19.2 Å². The van der Waals surface area contributed by atoms with Gasteiger partial charge in [-0.05, 0) is 106 Å². The normalized spacial score (nSPS) is 13.9. The monoisotopic (exact) mass is 1360 g/mol. The van der Waals surface area contributed by atoms with Crippen LogP contribution < -0.4 is 35.4 Å². The Morgan fingerprint density at radius 3 is 1.31 bits per heavy atom. The molecule has 0 fully saturated rings. The number of hydrogen-bond donors (Lipinski definition) is 7. The second kappa shape index (κ2) is 40.0. The summed E-state index contributed by atoms with van der Waals surface area (Å²) in [6.45, 7) is 3.70. The average Bonchev–Trinajstić information content (AvgIpc) is 0.867. The summed E-state index contributed by atoms with van der Waals surface area (Å²) in [7, 11) is -5.77. The maximum absolute atomic E-state index is 13.5. The molecule has 0 bridgehead atoms. The highest BCUT2D eigenvalue weighted by Gasteiger charge is 2.34. The number of amides is 4. The molecule has 0 saturated carbocycles. The van der Waals surface area contributed by atoms with Crippen molar-refractivity contribution in [2.75, 3.05) is 153 Å². The van der Waals surface area contributed by atoms with Crippen molar-refractivity contribution >= 4 is 76.9 Å². The topological polar surface area (TPSA) is 317 Å². The van der Waals surface area contributed by atoms with Crippen LogP contribution in [0.25, 0.3) is 0 Å². The fraction of sp³-hybridized carbons (Fsp3) is 0.533. The van der Waals surface area contributed by atoms with Crippen molar-refractivity contribution in [3.8, 4) is 0 Å². The summed E-state index contributed by atoms with van der Waals surface area (Å²) >= 11 is 12.9. The highest BCUT2D eigenvalue weighted by atomic mass is 35.5. The Hall–Kier alpha value is -5.25. The van der Waals surface area contributed by atoms with Crippen LogP contribution in [0.2, 0.25) is 10.0 Å². The number of halogens is 2. The lowest BCUT2D eigenvalue weighted by Crippen LogP contribution is -2.52. The van der Waals surface area contributed by atoms with E-state index in [4.69, 9.17) is 51.6 Å². The lowest BCUT2D eigenvalue weighted by atomic mass is 9.83. The van der Waals surface area contributed by atoms with Gasteiger partial charge < -0.3 is 59.5 Å². The predicted octanol–water partition coefficient (Wildman–Crippen LogP) is 3.01. The Bertz CT molecular complexity index is 3090. The zero-order valence-electron chi connectivity index (χ0n) is 51.3. The molecule has 5 rings (SSSR count). The molecule has 30 heteroatoms. The van der Waals surface area contributed by atoms with Gasteiger partial charge in [0.25, 0.3) is 0 Å². The van der Waals surface area contributed by atoms with Crippen LogP contribution in [0.1, 0.15) is 61.1 Å². The summed E-state index contributed by atoms with van der Waals surface area (Å²) in [5, 5.41) is 12.6. The van der Waals surface area contributed by atoms with Crippen LogP contribution in [-0.4, -0.2) is 217 Å². The molecular weight excluding hydrogens is 1270 g/mol. The zero-order chi connectivity index (χ0) is 65.3. The first-order chi connectivity index (χ1) is 43.1. The number of nitrogens with one attached hydrogen (secondary N) is 7. The van der Waals surface area contributed by atoms with E-state index in [-0.39, 0.29) is 208 Å². The number of carbonyl (C=O) groups is 4. The van der Waals surface area contributed by atoms with E-state index in [0.29, 0.717) is 23.1 Å². The number of fused-ring (bicyclic) bond motifs is 1. The first-order valence-corrected chi connectivity index (χ1v) is 34.9. The Kier molecular flexibility index (Phi) is 33.5. The quantitative estimate of drug-likeness (QED) is 0.0313. The Morgan fingerprint density at radius 1 is 0.511 bits per heavy atom. The summed E-state index contributed by atoms with van der Waals surface area (Å²) in [4.78, 5) is 57.6. The van der Waals surface area contributed by atoms with Crippen LogP contribution in [0, 0.1) is 0 Å². The van der Waals surface area contributed by atoms with Gasteiger partial charge >= 0.3 is 0 Å². The van der Waals surface area contributed by atoms with Crippen molar-refractivity contribution in [3.05, 3.63) is 124 Å². The van der Waals surface area contributed by atoms with Crippen LogP contribution >= 0.6 is 23.2 Å². The SMILES string of the molecule is CN(C)CC(=O)NC(CCC(=O)NCCOCCOCCNS(=O)(=O)c1ccccc1)(CCC(=O)NCCOCCOCCNS(=O)(=O)c1ccccc1)CCC(=O)NCCOCCOCCNS(=O)(=O)c1cccc([C@@H]2CN(C)Cc3c(Cl)cc(Cl)cc32)c1. The molecule has 1 aliphatic rings. The number of benzene rings is 4. The number of hydrogen-bond acceptors (Lipinski definition) is 18. The Morgan fingerprint density at radius 2 is 0.900 bits per heavy atom. The van der Waals surface area contributed by atoms with E-state index in [9.17, 15) is 44.4 Å². The summed E-state index contributed by atoms with van der Waals surface area (Å²) in [5.41, 5.74) is 1.56. The lowest BCUT2D eigenvalue weighted by molar-refractivity contribution is -0.127. The van der Waals surface area contributed by atoms with Crippen LogP contribution in [-0.2, 0) is 84.2 Å². The first kappa shape index (κ1) is 75.5. The van der Waals surface area contributed by atoms with E-state index in [1.54, 1.807) is 73.6 Å². The molecule has 500 valence electrons. The van der Waals surface area contributed by atoms with Crippen LogP contribution in [0.4, 0.5) is 0 Å². The average molecular weight is 1360 g/mol. The van der Waals surface area contributed by atoms with Crippen molar-refractivity contribution < 1.29 is 72.9 Å². The second-order valence-corrected chi connectivity index (χ2v) is 27.5. The molecule has 0 aliphatic carbocycles. The molecule has 7 N–H and O–H groups in total. The maximum atomic E-state index is 13.5. The van der Waals surface area contributed by atoms with Crippen molar-refractivity contribution in [1.82, 2.24) is 45.2 Å². The molecule has 4 amide bonds. The minimum atomic E-state index is -3.88. The van der Waals surface area contributed by atoms with Crippen LogP contribution in [0.15, 0.2) is 112 Å². The first-order valence-electron chi connectivity index (χ1n) is 29.7. The standard InChI is InChI=1S/C60H87Cl2N9O16S3/c1-70(2)46-59(75)69-60(20-17-56(72)63-23-29-82-35-38-85-32-26-66-88(76,77)49-12-6-4-7-13-49,21-18-57(73)64-24-30-83-36-39-86-33-27-67-89(78,79)50-14-8-5-9-15-50)22-19-58(74)65-25-31-84-37-40-87-34-28-68-90(80,81)51-16-10-11-47(41-51)53-44-71(3)45-54-52(53)42-48(61)43-55(54)62/h4-16,41-43,53,66-68H,17-40,44-46H2,1-3H3,(H,63,72)(H,64,73)(H,65,74)(H,69,75)/t53-/m0/s1. The van der Waals surface area contributed by atoms with Gasteiger partial charge in [0.1, 0.15) is 0 Å². The third-order valence-corrected chi connectivity index (χ3v) is 18.9. The minimum Gasteiger partial charge on any atom is -0.378 e. The summed E-state index contributed by atoms with van der Waals surface area (Å²) in [5.74, 6) is -1.58. The van der Waals surface area contributed by atoms with Crippen LogP contribution in [0.5, 0.6) is 0 Å². The van der Waals surface area contributed by atoms with Crippen LogP contribution in [0.3, 0.4) is 0 Å². The second-order valence-electron chi connectivity index (χ2n) is 21.4. The van der Waals surface area contributed by atoms with Gasteiger partial charge in [-0.2, -0.15) is 0 Å². The van der Waals surface area contributed by atoms with E-state index < -0.39 is 35.6 Å². The van der Waals surface area contributed by atoms with E-state index in [0.717, 1.165) is 16.7 Å². The summed E-state index contributed by atoms with van der Waals surface area (Å²) in [6.07, 6.45) is 0.0191. The van der Waals surface area contributed by atoms with Gasteiger partial charge in [0, 0.05) is 93.1 Å². The number of sulfonamides is 3. The molecule has 4 aromatic carbocycles. The van der Waals surface area contributed by atoms with E-state index in [2.05, 4.69) is 40.3 Å². The van der Waals surface area contributed by atoms with E-state index >= 15 is 0 Å². The highest BCUT2D eigenvalue weighted by molar-refractivity contribution is 7.90. The summed E-state index contributed by atoms with van der Waals surface area (Å²) < 4.78 is 117. The molecule has 1 aliphatic heterocycles. The molecule has 0 aromatic heterocycles. The fourth-order valence-electron chi connectivity index (χ4n) is 9.49. The number of ether oxygens (including phenoxy) is 6. The van der Waals surface area contributed by atoms with Gasteiger partial charge in [-0.15, -0.1) is 0 Å². The number of nitrogens with zero attached hydrogens (tertiary/aromatic N) is 2. The molecule has 90 heavy (non-hydrogen) atoms. The smallest absolute Gasteiger partial charge is 0.240 e. The molecule has 25 nitrogen and oxygen atoms in total. The Balaban J connectivity index is 1.03. The van der Waals surface area contributed by atoms with Crippen molar-refractivity contribution in [1.29, 1.82) is 0 Å². The molecule has 0 unspecified atom stereocenters. The maximum Gasteiger partial charge on any atom is 0.240 e. The Labute approximate surface area is 539 Å². The third-order valence-electron chi connectivity index (χ3n) is 14.0. The summed E-state index contributed by atoms with van der Waals surface area (Å²) in [6, 6.07) is 26.4. The molecule has 1 heterocycles. The molecule has 0 spiro atoms. The van der Waals surface area contributed by atoms with Crippen molar-refractivity contribution in [2.24, 2.45) is 0 Å². The molecule has 0 radical (unpaired) electrons. The van der Waals surface area contributed by atoms with Crippen molar-refractivity contribution in [2.45, 2.75) is 71.2 Å². The fourth-order valence-corrected chi connectivity index (χ4v) is 13.2. The van der Waals surface area contributed by atoms with E-state index in [1.807, 2.05) is 19.2 Å². The number of rotatable bonds is 46. The minimum absolute atomic E-state index is 0.00568.